The van der Waals surface area contributed by atoms with Gasteiger partial charge in [-0.25, -0.2) is 14.4 Å². The largest absolute Gasteiger partial charge is 0.511 e. The SMILES string of the molecule is CC#CCOc1ccc(C[C@H](NC(=O)[C@@H](C=CCCCCCCC(=O)CCCCCCC)[C@@](O)(CC(=O)O)C(=O)O)C(=O)OCOC(=O)OC(C)C)cc1. The average Bonchev–Trinajstić information content (AvgIpc) is 3.10. The first-order valence-electron chi connectivity index (χ1n) is 18.5. The lowest BCUT2D eigenvalue weighted by Gasteiger charge is -2.29. The van der Waals surface area contributed by atoms with E-state index < -0.39 is 66.8 Å². The lowest BCUT2D eigenvalue weighted by Crippen LogP contribution is -2.55. The van der Waals surface area contributed by atoms with Crippen LogP contribution in [0.15, 0.2) is 36.4 Å². The van der Waals surface area contributed by atoms with Crippen molar-refractivity contribution >= 4 is 35.8 Å². The molecule has 0 unspecified atom stereocenters. The van der Waals surface area contributed by atoms with Gasteiger partial charge in [0.05, 0.1) is 18.4 Å². The molecule has 0 aliphatic carbocycles. The molecule has 14 heteroatoms. The van der Waals surface area contributed by atoms with Crippen LogP contribution >= 0.6 is 0 Å². The zero-order valence-corrected chi connectivity index (χ0v) is 31.9. The summed E-state index contributed by atoms with van der Waals surface area (Å²) in [6.45, 7) is 6.27. The number of carboxylic acids is 2. The summed E-state index contributed by atoms with van der Waals surface area (Å²) < 4.78 is 20.1. The van der Waals surface area contributed by atoms with Gasteiger partial charge in [-0.3, -0.25) is 14.4 Å². The second-order valence-corrected chi connectivity index (χ2v) is 13.1. The van der Waals surface area contributed by atoms with Crippen molar-refractivity contribution in [1.29, 1.82) is 0 Å². The Kier molecular flexibility index (Phi) is 23.4. The number of amides is 1. The smallest absolute Gasteiger partial charge is 0.481 e. The third kappa shape index (κ3) is 19.8. The number of ether oxygens (including phenoxy) is 4. The monoisotopic (exact) mass is 759 g/mol. The first kappa shape index (κ1) is 47.1. The van der Waals surface area contributed by atoms with Crippen molar-refractivity contribution < 1.29 is 63.0 Å². The number of carboxylic acid groups (broad SMARTS) is 2. The normalized spacial score (nSPS) is 13.1. The van der Waals surface area contributed by atoms with E-state index in [4.69, 9.17) is 18.9 Å². The molecule has 300 valence electrons. The summed E-state index contributed by atoms with van der Waals surface area (Å²) in [6, 6.07) is 4.93. The van der Waals surface area contributed by atoms with E-state index in [2.05, 4.69) is 24.1 Å². The molecule has 54 heavy (non-hydrogen) atoms. The number of esters is 1. The van der Waals surface area contributed by atoms with Gasteiger partial charge in [0.1, 0.15) is 24.2 Å². The molecule has 0 aromatic heterocycles. The van der Waals surface area contributed by atoms with Crippen molar-refractivity contribution in [3.63, 3.8) is 0 Å². The van der Waals surface area contributed by atoms with Crippen molar-refractivity contribution in [3.05, 3.63) is 42.0 Å². The molecule has 14 nitrogen and oxygen atoms in total. The topological polar surface area (TPSA) is 212 Å². The molecule has 1 aromatic carbocycles. The number of carbonyl (C=O) groups is 6. The third-order valence-corrected chi connectivity index (χ3v) is 8.21. The molecule has 1 aromatic rings. The molecule has 0 saturated carbocycles. The zero-order chi connectivity index (χ0) is 40.4. The van der Waals surface area contributed by atoms with Crippen molar-refractivity contribution in [2.45, 2.75) is 135 Å². The quantitative estimate of drug-likeness (QED) is 0.0258. The Morgan fingerprint density at radius 2 is 1.52 bits per heavy atom. The predicted octanol–water partition coefficient (Wildman–Crippen LogP) is 5.91. The van der Waals surface area contributed by atoms with E-state index >= 15 is 0 Å². The number of carbonyl (C=O) groups excluding carboxylic acids is 4. The highest BCUT2D eigenvalue weighted by Crippen LogP contribution is 2.26. The zero-order valence-electron chi connectivity index (χ0n) is 31.9. The molecule has 0 aliphatic rings. The second kappa shape index (κ2) is 26.8. The maximum Gasteiger partial charge on any atom is 0.511 e. The van der Waals surface area contributed by atoms with Gasteiger partial charge < -0.3 is 39.6 Å². The van der Waals surface area contributed by atoms with Gasteiger partial charge in [0.25, 0.3) is 0 Å². The molecule has 1 amide bonds. The lowest BCUT2D eigenvalue weighted by atomic mass is 9.82. The van der Waals surface area contributed by atoms with E-state index in [1.807, 2.05) is 0 Å². The molecule has 0 spiro atoms. The van der Waals surface area contributed by atoms with Crippen LogP contribution in [-0.4, -0.2) is 82.2 Å². The van der Waals surface area contributed by atoms with Gasteiger partial charge in [-0.15, -0.1) is 5.92 Å². The lowest BCUT2D eigenvalue weighted by molar-refractivity contribution is -0.172. The Bertz CT molecular complexity index is 1430. The Labute approximate surface area is 318 Å². The van der Waals surface area contributed by atoms with Crippen LogP contribution in [0.3, 0.4) is 0 Å². The number of ketones is 1. The van der Waals surface area contributed by atoms with E-state index in [0.717, 1.165) is 51.0 Å². The summed E-state index contributed by atoms with van der Waals surface area (Å²) in [5.74, 6) is -1.61. The van der Waals surface area contributed by atoms with Crippen LogP contribution in [0.25, 0.3) is 0 Å². The molecule has 0 radical (unpaired) electrons. The van der Waals surface area contributed by atoms with Crippen LogP contribution in [0, 0.1) is 17.8 Å². The van der Waals surface area contributed by atoms with Gasteiger partial charge >= 0.3 is 24.1 Å². The van der Waals surface area contributed by atoms with Crippen LogP contribution in [-0.2, 0) is 44.6 Å². The number of rotatable bonds is 28. The highest BCUT2D eigenvalue weighted by molar-refractivity contribution is 5.94. The van der Waals surface area contributed by atoms with Crippen molar-refractivity contribution in [3.8, 4) is 17.6 Å². The van der Waals surface area contributed by atoms with E-state index in [9.17, 15) is 44.1 Å². The summed E-state index contributed by atoms with van der Waals surface area (Å²) >= 11 is 0. The maximum atomic E-state index is 13.7. The van der Waals surface area contributed by atoms with Crippen LogP contribution < -0.4 is 10.1 Å². The molecule has 1 rings (SSSR count). The van der Waals surface area contributed by atoms with Gasteiger partial charge in [0, 0.05) is 19.3 Å². The number of nitrogens with one attached hydrogen (secondary N) is 1. The minimum absolute atomic E-state index is 0.151. The number of hydrogen-bond donors (Lipinski definition) is 4. The summed E-state index contributed by atoms with van der Waals surface area (Å²) in [6.07, 6.45) is 9.28. The van der Waals surface area contributed by atoms with Gasteiger partial charge in [0.2, 0.25) is 12.7 Å². The maximum absolute atomic E-state index is 13.7. The number of hydrogen-bond acceptors (Lipinski definition) is 11. The number of aliphatic carboxylic acids is 2. The number of aliphatic hydroxyl groups is 1. The van der Waals surface area contributed by atoms with E-state index in [0.29, 0.717) is 37.0 Å². The Hall–Kier alpha value is -4.90. The fourth-order valence-electron chi connectivity index (χ4n) is 5.30. The molecule has 0 bridgehead atoms. The summed E-state index contributed by atoms with van der Waals surface area (Å²) in [7, 11) is 0. The van der Waals surface area contributed by atoms with Gasteiger partial charge in [-0.05, 0) is 64.2 Å². The van der Waals surface area contributed by atoms with Gasteiger partial charge in [0.15, 0.2) is 5.60 Å². The minimum atomic E-state index is -3.08. The highest BCUT2D eigenvalue weighted by Gasteiger charge is 2.49. The fraction of sp³-hybridized carbons (Fsp3) is 0.600. The summed E-state index contributed by atoms with van der Waals surface area (Å²) in [4.78, 5) is 74.7. The van der Waals surface area contributed by atoms with Crippen LogP contribution in [0.4, 0.5) is 4.79 Å². The highest BCUT2D eigenvalue weighted by atomic mass is 16.8. The van der Waals surface area contributed by atoms with Crippen LogP contribution in [0.1, 0.15) is 117 Å². The Balaban J connectivity index is 3.09. The van der Waals surface area contributed by atoms with E-state index in [1.165, 1.54) is 12.5 Å². The number of Topliss-reactive ketones (excluding diaryl/α,β-unsaturated/α-hetero) is 1. The molecular weight excluding hydrogens is 702 g/mol. The fourth-order valence-corrected chi connectivity index (χ4v) is 5.30. The predicted molar refractivity (Wildman–Crippen MR) is 198 cm³/mol. The number of allylic oxidation sites excluding steroid dienone is 1. The molecule has 0 saturated heterocycles. The third-order valence-electron chi connectivity index (χ3n) is 8.21. The van der Waals surface area contributed by atoms with Crippen LogP contribution in [0.2, 0.25) is 0 Å². The van der Waals surface area contributed by atoms with Crippen molar-refractivity contribution in [1.82, 2.24) is 5.32 Å². The number of unbranched alkanes of at least 4 members (excludes halogenated alkanes) is 8. The molecule has 0 aliphatic heterocycles. The van der Waals surface area contributed by atoms with Gasteiger partial charge in [-0.1, -0.05) is 75.7 Å². The summed E-state index contributed by atoms with van der Waals surface area (Å²) in [5, 5.41) is 32.9. The first-order chi connectivity index (χ1) is 25.7. The van der Waals surface area contributed by atoms with Gasteiger partial charge in [-0.2, -0.15) is 0 Å². The molecular formula is C40H57NO13. The standard InChI is InChI=1S/C40H57NO13/c1-5-7-9-12-15-18-31(42)19-16-13-10-11-14-17-20-33(40(50,38(47)48)27-35(43)44)36(45)41-34(37(46)52-28-53-39(49)54-29(3)4)26-30-21-23-32(24-22-30)51-25-8-6-2/h17,20-24,29,33-34,50H,5,7,9-16,18-19,25-28H2,1-4H3,(H,41,45)(H,43,44)(H,47,48)/t33-,34+,40+/m1/s1. The molecule has 4 N–H and O–H groups in total. The second-order valence-electron chi connectivity index (χ2n) is 13.1. The molecule has 3 atom stereocenters. The van der Waals surface area contributed by atoms with E-state index in [-0.39, 0.29) is 18.8 Å². The van der Waals surface area contributed by atoms with Crippen molar-refractivity contribution in [2.75, 3.05) is 13.4 Å². The minimum Gasteiger partial charge on any atom is -0.481 e. The van der Waals surface area contributed by atoms with Crippen LogP contribution in [0.5, 0.6) is 5.75 Å². The molecule has 0 fully saturated rings. The molecule has 0 heterocycles. The summed E-state index contributed by atoms with van der Waals surface area (Å²) in [5.41, 5.74) is -2.58. The average molecular weight is 760 g/mol. The Morgan fingerprint density at radius 1 is 0.889 bits per heavy atom. The van der Waals surface area contributed by atoms with Crippen molar-refractivity contribution in [2.24, 2.45) is 5.92 Å². The first-order valence-corrected chi connectivity index (χ1v) is 18.5. The Morgan fingerprint density at radius 3 is 2.09 bits per heavy atom. The number of benzene rings is 1. The van der Waals surface area contributed by atoms with E-state index in [1.54, 1.807) is 45.0 Å².